The van der Waals surface area contributed by atoms with Crippen molar-refractivity contribution < 1.29 is 0 Å². The minimum absolute atomic E-state index is 0.279. The van der Waals surface area contributed by atoms with Gasteiger partial charge in [-0.25, -0.2) is 0 Å². The molecule has 1 nitrogen and oxygen atoms in total. The number of benzene rings is 1. The van der Waals surface area contributed by atoms with Gasteiger partial charge in [0.2, 0.25) is 0 Å². The summed E-state index contributed by atoms with van der Waals surface area (Å²) >= 11 is 1.49. The fourth-order valence-corrected chi connectivity index (χ4v) is 1.94. The maximum absolute atomic E-state index is 5.62. The summed E-state index contributed by atoms with van der Waals surface area (Å²) in [7, 11) is 0. The average molecular weight is 195 g/mol. The third-order valence-electron chi connectivity index (χ3n) is 2.23. The van der Waals surface area contributed by atoms with Crippen molar-refractivity contribution in [2.45, 2.75) is 31.4 Å². The van der Waals surface area contributed by atoms with Crippen LogP contribution in [0, 0.1) is 0 Å². The summed E-state index contributed by atoms with van der Waals surface area (Å²) in [4.78, 5) is 0. The Balaban J connectivity index is 0.000000396. The highest BCUT2D eigenvalue weighted by atomic mass is 32.2. The van der Waals surface area contributed by atoms with E-state index in [1.807, 2.05) is 19.9 Å². The van der Waals surface area contributed by atoms with E-state index in [1.165, 1.54) is 30.4 Å². The second-order valence-electron chi connectivity index (χ2n) is 2.98. The van der Waals surface area contributed by atoms with E-state index in [0.717, 1.165) is 0 Å². The van der Waals surface area contributed by atoms with Crippen molar-refractivity contribution in [3.63, 3.8) is 0 Å². The number of nitrogens with two attached hydrogens (primary N) is 1. The Morgan fingerprint density at radius 2 is 1.69 bits per heavy atom. The zero-order valence-corrected chi connectivity index (χ0v) is 9.10. The first-order chi connectivity index (χ1) is 6.37. The van der Waals surface area contributed by atoms with Crippen molar-refractivity contribution >= 4 is 11.9 Å². The predicted octanol–water partition coefficient (Wildman–Crippen LogP) is 3.31. The largest absolute Gasteiger partial charge is 0.277 e. The van der Waals surface area contributed by atoms with Gasteiger partial charge in [0.1, 0.15) is 0 Å². The average Bonchev–Trinajstić information content (AvgIpc) is 3.03. The minimum atomic E-state index is 0.279. The van der Waals surface area contributed by atoms with Gasteiger partial charge in [0.05, 0.1) is 4.75 Å². The summed E-state index contributed by atoms with van der Waals surface area (Å²) in [6.45, 7) is 4.00. The number of hydrogen-bond donors (Lipinski definition) is 1. The van der Waals surface area contributed by atoms with E-state index in [2.05, 4.69) is 24.3 Å². The van der Waals surface area contributed by atoms with Crippen molar-refractivity contribution in [1.82, 2.24) is 0 Å². The first-order valence-electron chi connectivity index (χ1n) is 4.81. The van der Waals surface area contributed by atoms with Crippen LogP contribution in [0.2, 0.25) is 0 Å². The Hall–Kier alpha value is -0.470. The molecule has 0 saturated heterocycles. The van der Waals surface area contributed by atoms with Crippen LogP contribution in [0.1, 0.15) is 32.3 Å². The first-order valence-corrected chi connectivity index (χ1v) is 5.69. The Labute approximate surface area is 84.9 Å². The van der Waals surface area contributed by atoms with E-state index < -0.39 is 0 Å². The lowest BCUT2D eigenvalue weighted by atomic mass is 10.1. The second kappa shape index (κ2) is 4.68. The van der Waals surface area contributed by atoms with E-state index >= 15 is 0 Å². The summed E-state index contributed by atoms with van der Waals surface area (Å²) in [5.41, 5.74) is 1.38. The summed E-state index contributed by atoms with van der Waals surface area (Å²) in [6.07, 6.45) is 2.47. The summed E-state index contributed by atoms with van der Waals surface area (Å²) < 4.78 is 0.279. The van der Waals surface area contributed by atoms with Crippen molar-refractivity contribution in [2.24, 2.45) is 5.14 Å². The van der Waals surface area contributed by atoms with Gasteiger partial charge in [0.25, 0.3) is 0 Å². The molecule has 1 saturated carbocycles. The quantitative estimate of drug-likeness (QED) is 0.733. The minimum Gasteiger partial charge on any atom is -0.277 e. The van der Waals surface area contributed by atoms with E-state index in [1.54, 1.807) is 0 Å². The molecule has 72 valence electrons. The van der Waals surface area contributed by atoms with Gasteiger partial charge < -0.3 is 0 Å². The standard InChI is InChI=1S/C9H11NS.C2H6/c10-11-9(6-7-9)8-4-2-1-3-5-8;1-2/h1-5H,6-7,10H2;1-2H3. The topological polar surface area (TPSA) is 26.0 Å². The van der Waals surface area contributed by atoms with Crippen LogP contribution in [0.3, 0.4) is 0 Å². The fourth-order valence-electron chi connectivity index (χ4n) is 1.33. The molecule has 0 heterocycles. The molecule has 0 amide bonds. The van der Waals surface area contributed by atoms with E-state index in [-0.39, 0.29) is 4.75 Å². The van der Waals surface area contributed by atoms with Gasteiger partial charge in [0.15, 0.2) is 0 Å². The smallest absolute Gasteiger partial charge is 0.0552 e. The molecule has 2 N–H and O–H groups in total. The SMILES string of the molecule is CC.NSC1(c2ccccc2)CC1. The molecule has 0 unspecified atom stereocenters. The van der Waals surface area contributed by atoms with Crippen LogP contribution >= 0.6 is 11.9 Å². The van der Waals surface area contributed by atoms with Gasteiger partial charge in [-0.15, -0.1) is 0 Å². The van der Waals surface area contributed by atoms with Crippen LogP contribution < -0.4 is 5.14 Å². The monoisotopic (exact) mass is 195 g/mol. The molecule has 0 atom stereocenters. The molecule has 1 aromatic carbocycles. The van der Waals surface area contributed by atoms with Crippen molar-refractivity contribution in [3.05, 3.63) is 35.9 Å². The van der Waals surface area contributed by atoms with E-state index in [4.69, 9.17) is 5.14 Å². The zero-order chi connectivity index (χ0) is 9.73. The van der Waals surface area contributed by atoms with Crippen LogP contribution in [0.4, 0.5) is 0 Å². The highest BCUT2D eigenvalue weighted by Gasteiger charge is 2.44. The third-order valence-corrected chi connectivity index (χ3v) is 3.32. The molecular formula is C11H17NS. The molecule has 2 heteroatoms. The van der Waals surface area contributed by atoms with Gasteiger partial charge in [0, 0.05) is 0 Å². The molecule has 1 aliphatic carbocycles. The Morgan fingerprint density at radius 3 is 2.08 bits per heavy atom. The maximum Gasteiger partial charge on any atom is 0.0552 e. The molecule has 0 aliphatic heterocycles. The van der Waals surface area contributed by atoms with Gasteiger partial charge >= 0.3 is 0 Å². The molecule has 13 heavy (non-hydrogen) atoms. The molecular weight excluding hydrogens is 178 g/mol. The Morgan fingerprint density at radius 1 is 1.15 bits per heavy atom. The molecule has 0 spiro atoms. The lowest BCUT2D eigenvalue weighted by molar-refractivity contribution is 1.03. The van der Waals surface area contributed by atoms with E-state index in [0.29, 0.717) is 0 Å². The molecule has 0 bridgehead atoms. The highest BCUT2D eigenvalue weighted by molar-refractivity contribution is 7.98. The van der Waals surface area contributed by atoms with Crippen LogP contribution in [-0.2, 0) is 4.75 Å². The lowest BCUT2D eigenvalue weighted by Crippen LogP contribution is -2.03. The molecule has 1 aliphatic rings. The van der Waals surface area contributed by atoms with Crippen molar-refractivity contribution in [1.29, 1.82) is 0 Å². The molecule has 2 rings (SSSR count). The molecule has 0 aromatic heterocycles. The van der Waals surface area contributed by atoms with Gasteiger partial charge in [-0.1, -0.05) is 56.1 Å². The first kappa shape index (κ1) is 10.6. The summed E-state index contributed by atoms with van der Waals surface area (Å²) in [5.74, 6) is 0. The zero-order valence-electron chi connectivity index (χ0n) is 8.29. The van der Waals surface area contributed by atoms with Gasteiger partial charge in [-0.2, -0.15) is 0 Å². The lowest BCUT2D eigenvalue weighted by Gasteiger charge is -2.10. The summed E-state index contributed by atoms with van der Waals surface area (Å²) in [5, 5.41) is 5.62. The third kappa shape index (κ3) is 2.26. The van der Waals surface area contributed by atoms with Gasteiger partial charge in [-0.3, -0.25) is 5.14 Å². The van der Waals surface area contributed by atoms with Crippen molar-refractivity contribution in [2.75, 3.05) is 0 Å². The second-order valence-corrected chi connectivity index (χ2v) is 4.00. The molecule has 0 radical (unpaired) electrons. The Kier molecular flexibility index (Phi) is 3.82. The van der Waals surface area contributed by atoms with Gasteiger partial charge in [-0.05, 0) is 18.4 Å². The van der Waals surface area contributed by atoms with Crippen molar-refractivity contribution in [3.8, 4) is 0 Å². The predicted molar refractivity (Wildman–Crippen MR) is 60.5 cm³/mol. The van der Waals surface area contributed by atoms with Crippen LogP contribution in [0.25, 0.3) is 0 Å². The van der Waals surface area contributed by atoms with Crippen LogP contribution in [0.5, 0.6) is 0 Å². The summed E-state index contributed by atoms with van der Waals surface area (Å²) in [6, 6.07) is 10.5. The normalized spacial score (nSPS) is 17.2. The maximum atomic E-state index is 5.62. The number of hydrogen-bond acceptors (Lipinski definition) is 2. The fraction of sp³-hybridized carbons (Fsp3) is 0.455. The van der Waals surface area contributed by atoms with Crippen LogP contribution in [-0.4, -0.2) is 0 Å². The van der Waals surface area contributed by atoms with Crippen LogP contribution in [0.15, 0.2) is 30.3 Å². The van der Waals surface area contributed by atoms with E-state index in [9.17, 15) is 0 Å². The Bertz CT molecular complexity index is 242. The number of rotatable bonds is 2. The molecule has 1 fully saturated rings. The highest BCUT2D eigenvalue weighted by Crippen LogP contribution is 2.54. The molecule has 1 aromatic rings.